The molecule has 4 unspecified atom stereocenters. The van der Waals surface area contributed by atoms with E-state index >= 15 is 0 Å². The number of ether oxygens (including phenoxy) is 2. The van der Waals surface area contributed by atoms with Crippen molar-refractivity contribution in [3.05, 3.63) is 34.9 Å². The molecule has 3 aliphatic heterocycles. The molecule has 0 bridgehead atoms. The van der Waals surface area contributed by atoms with Gasteiger partial charge in [-0.3, -0.25) is 9.59 Å². The lowest BCUT2D eigenvalue weighted by atomic mass is 9.84. The smallest absolute Gasteiger partial charge is 0.254 e. The highest BCUT2D eigenvalue weighted by atomic mass is 35.5. The molecule has 2 amide bonds. The maximum absolute atomic E-state index is 13.7. The highest BCUT2D eigenvalue weighted by Gasteiger charge is 2.49. The van der Waals surface area contributed by atoms with Crippen LogP contribution in [0.5, 0.6) is 0 Å². The van der Waals surface area contributed by atoms with E-state index in [9.17, 15) is 9.59 Å². The van der Waals surface area contributed by atoms with Gasteiger partial charge in [0.25, 0.3) is 5.91 Å². The molecule has 6 nitrogen and oxygen atoms in total. The first-order valence-corrected chi connectivity index (χ1v) is 12.1. The number of nitrogens with zero attached hydrogens (tertiary/aromatic N) is 2. The number of hydrogen-bond donors (Lipinski definition) is 0. The van der Waals surface area contributed by atoms with Crippen molar-refractivity contribution < 1.29 is 19.1 Å². The Labute approximate surface area is 188 Å². The molecule has 0 aromatic heterocycles. The third-order valence-electron chi connectivity index (χ3n) is 7.48. The first-order chi connectivity index (χ1) is 15.1. The Kier molecular flexibility index (Phi) is 6.22. The summed E-state index contributed by atoms with van der Waals surface area (Å²) in [7, 11) is 0. The molecule has 1 saturated carbocycles. The molecule has 1 aliphatic carbocycles. The fourth-order valence-electron chi connectivity index (χ4n) is 6.04. The summed E-state index contributed by atoms with van der Waals surface area (Å²) in [4.78, 5) is 31.2. The van der Waals surface area contributed by atoms with Gasteiger partial charge in [0.05, 0.1) is 13.2 Å². The van der Waals surface area contributed by atoms with Crippen molar-refractivity contribution >= 4 is 23.4 Å². The number of piperidine rings is 1. The van der Waals surface area contributed by atoms with Gasteiger partial charge in [-0.15, -0.1) is 0 Å². The highest BCUT2D eigenvalue weighted by molar-refractivity contribution is 6.31. The summed E-state index contributed by atoms with van der Waals surface area (Å²) in [6.07, 6.45) is 6.90. The highest BCUT2D eigenvalue weighted by Crippen LogP contribution is 2.41. The summed E-state index contributed by atoms with van der Waals surface area (Å²) in [5.41, 5.74) is 0.570. The molecule has 0 N–H and O–H groups in total. The number of carbonyl (C=O) groups is 2. The summed E-state index contributed by atoms with van der Waals surface area (Å²) in [6.45, 7) is 2.65. The van der Waals surface area contributed by atoms with Crippen LogP contribution in [-0.2, 0) is 14.3 Å². The van der Waals surface area contributed by atoms with Crippen LogP contribution in [0.2, 0.25) is 5.02 Å². The van der Waals surface area contributed by atoms with E-state index in [0.29, 0.717) is 36.3 Å². The predicted molar refractivity (Wildman–Crippen MR) is 117 cm³/mol. The molecular formula is C24H31ClN2O4. The van der Waals surface area contributed by atoms with Crippen molar-refractivity contribution in [1.29, 1.82) is 0 Å². The molecule has 0 radical (unpaired) electrons. The number of carbonyl (C=O) groups excluding carboxylic acids is 2. The largest absolute Gasteiger partial charge is 0.350 e. The zero-order valence-corrected chi connectivity index (χ0v) is 18.6. The Bertz CT molecular complexity index is 828. The first-order valence-electron chi connectivity index (χ1n) is 11.7. The number of halogens is 1. The van der Waals surface area contributed by atoms with Gasteiger partial charge < -0.3 is 19.3 Å². The molecule has 5 rings (SSSR count). The van der Waals surface area contributed by atoms with Crippen LogP contribution in [0.15, 0.2) is 24.3 Å². The average molecular weight is 447 g/mol. The number of amides is 2. The molecule has 4 aliphatic rings. The third kappa shape index (κ3) is 4.22. The van der Waals surface area contributed by atoms with Gasteiger partial charge in [-0.25, -0.2) is 0 Å². The van der Waals surface area contributed by atoms with E-state index in [1.54, 1.807) is 24.3 Å². The van der Waals surface area contributed by atoms with Crippen LogP contribution in [0.3, 0.4) is 0 Å². The van der Waals surface area contributed by atoms with E-state index in [2.05, 4.69) is 0 Å². The van der Waals surface area contributed by atoms with Crippen molar-refractivity contribution in [2.45, 2.75) is 63.3 Å². The van der Waals surface area contributed by atoms with E-state index < -0.39 is 0 Å². The van der Waals surface area contributed by atoms with Crippen LogP contribution in [0, 0.1) is 11.8 Å². The van der Waals surface area contributed by atoms with E-state index in [1.165, 1.54) is 6.42 Å². The molecule has 3 saturated heterocycles. The minimum absolute atomic E-state index is 0.0636. The number of benzene rings is 1. The Morgan fingerprint density at radius 2 is 1.77 bits per heavy atom. The van der Waals surface area contributed by atoms with Gasteiger partial charge in [-0.05, 0) is 56.2 Å². The van der Waals surface area contributed by atoms with Gasteiger partial charge in [0.1, 0.15) is 6.04 Å². The number of hydrogen-bond acceptors (Lipinski definition) is 4. The summed E-state index contributed by atoms with van der Waals surface area (Å²) < 4.78 is 11.4. The van der Waals surface area contributed by atoms with E-state index in [-0.39, 0.29) is 36.1 Å². The third-order valence-corrected chi connectivity index (χ3v) is 7.72. The van der Waals surface area contributed by atoms with Gasteiger partial charge >= 0.3 is 0 Å². The minimum Gasteiger partial charge on any atom is -0.350 e. The molecule has 168 valence electrons. The van der Waals surface area contributed by atoms with Crippen LogP contribution in [-0.4, -0.2) is 66.3 Å². The molecular weight excluding hydrogens is 416 g/mol. The van der Waals surface area contributed by atoms with E-state index in [1.807, 2.05) is 9.80 Å². The lowest BCUT2D eigenvalue weighted by Crippen LogP contribution is -2.53. The zero-order chi connectivity index (χ0) is 21.4. The van der Waals surface area contributed by atoms with E-state index in [4.69, 9.17) is 21.1 Å². The van der Waals surface area contributed by atoms with Crippen molar-refractivity contribution in [2.24, 2.45) is 11.8 Å². The molecule has 31 heavy (non-hydrogen) atoms. The molecule has 4 atom stereocenters. The second-order valence-electron chi connectivity index (χ2n) is 9.38. The lowest BCUT2D eigenvalue weighted by Gasteiger charge is -2.38. The summed E-state index contributed by atoms with van der Waals surface area (Å²) in [6, 6.07) is 6.86. The predicted octanol–water partition coefficient (Wildman–Crippen LogP) is 3.72. The van der Waals surface area contributed by atoms with Gasteiger partial charge in [0.15, 0.2) is 6.29 Å². The van der Waals surface area contributed by atoms with Crippen LogP contribution in [0.4, 0.5) is 0 Å². The van der Waals surface area contributed by atoms with Crippen LogP contribution >= 0.6 is 11.6 Å². The quantitative estimate of drug-likeness (QED) is 0.710. The molecule has 1 aromatic rings. The topological polar surface area (TPSA) is 59.1 Å². The molecule has 0 spiro atoms. The average Bonchev–Trinajstić information content (AvgIpc) is 3.46. The molecule has 7 heteroatoms. The van der Waals surface area contributed by atoms with Crippen LogP contribution in [0.1, 0.15) is 55.3 Å². The number of likely N-dealkylation sites (tertiary alicyclic amines) is 2. The Hall–Kier alpha value is -1.63. The second kappa shape index (κ2) is 9.08. The lowest BCUT2D eigenvalue weighted by molar-refractivity contribution is -0.143. The molecule has 4 fully saturated rings. The van der Waals surface area contributed by atoms with Crippen LogP contribution in [0.25, 0.3) is 0 Å². The summed E-state index contributed by atoms with van der Waals surface area (Å²) in [5.74, 6) is 0.646. The van der Waals surface area contributed by atoms with E-state index in [0.717, 1.165) is 45.1 Å². The number of rotatable bonds is 3. The maximum atomic E-state index is 13.7. The molecule has 3 heterocycles. The summed E-state index contributed by atoms with van der Waals surface area (Å²) >= 11 is 6.16. The standard InChI is InChI=1S/C24H31ClN2O4/c25-19-8-3-6-17(13-19)22(28)27-20-9-2-1-5-16(20)14-21(27)23(29)26-10-4-7-18(15-26)24-30-11-12-31-24/h3,6,8,13,16,18,20-21,24H,1-2,4-5,7,9-12,14-15H2. The SMILES string of the molecule is O=C(C1CC2CCCCC2N1C(=O)c1cccc(Cl)c1)N1CCCC(C2OCCO2)C1. The summed E-state index contributed by atoms with van der Waals surface area (Å²) in [5, 5.41) is 0.545. The van der Waals surface area contributed by atoms with Gasteiger partial charge in [0, 0.05) is 35.6 Å². The van der Waals surface area contributed by atoms with Gasteiger partial charge in [-0.1, -0.05) is 30.5 Å². The maximum Gasteiger partial charge on any atom is 0.254 e. The second-order valence-corrected chi connectivity index (χ2v) is 9.82. The van der Waals surface area contributed by atoms with Crippen molar-refractivity contribution in [3.8, 4) is 0 Å². The zero-order valence-electron chi connectivity index (χ0n) is 17.9. The Balaban J connectivity index is 1.37. The fourth-order valence-corrected chi connectivity index (χ4v) is 6.23. The first kappa shape index (κ1) is 21.2. The Morgan fingerprint density at radius 1 is 1.00 bits per heavy atom. The number of fused-ring (bicyclic) bond motifs is 1. The Morgan fingerprint density at radius 3 is 2.58 bits per heavy atom. The monoisotopic (exact) mass is 446 g/mol. The van der Waals surface area contributed by atoms with Gasteiger partial charge in [0.2, 0.25) is 5.91 Å². The molecule has 1 aromatic carbocycles. The minimum atomic E-state index is -0.385. The fraction of sp³-hybridized carbons (Fsp3) is 0.667. The van der Waals surface area contributed by atoms with Crippen LogP contribution < -0.4 is 0 Å². The van der Waals surface area contributed by atoms with Crippen molar-refractivity contribution in [2.75, 3.05) is 26.3 Å². The van der Waals surface area contributed by atoms with Crippen molar-refractivity contribution in [3.63, 3.8) is 0 Å². The normalized spacial score (nSPS) is 31.6. The van der Waals surface area contributed by atoms with Gasteiger partial charge in [-0.2, -0.15) is 0 Å². The van der Waals surface area contributed by atoms with Crippen molar-refractivity contribution in [1.82, 2.24) is 9.80 Å².